The molecule has 0 unspecified atom stereocenters. The SMILES string of the molecule is CNC(=O)Nc1cc(-c2ccc(OC)cc2)sc1C(=O)O. The van der Waals surface area contributed by atoms with Gasteiger partial charge in [-0.3, -0.25) is 0 Å². The Labute approximate surface area is 125 Å². The van der Waals surface area contributed by atoms with E-state index >= 15 is 0 Å². The standard InChI is InChI=1S/C14H14N2O4S/c1-15-14(19)16-10-7-11(21-12(10)13(17)18)8-3-5-9(20-2)6-4-8/h3-7H,1-2H3,(H,17,18)(H2,15,16,19). The van der Waals surface area contributed by atoms with E-state index in [1.165, 1.54) is 7.05 Å². The lowest BCUT2D eigenvalue weighted by molar-refractivity contribution is 0.0703. The van der Waals surface area contributed by atoms with Gasteiger partial charge in [-0.1, -0.05) is 0 Å². The van der Waals surface area contributed by atoms with Crippen LogP contribution in [0.3, 0.4) is 0 Å². The van der Waals surface area contributed by atoms with E-state index in [1.807, 2.05) is 12.1 Å². The maximum Gasteiger partial charge on any atom is 0.348 e. The second-order valence-corrected chi connectivity index (χ2v) is 5.14. The summed E-state index contributed by atoms with van der Waals surface area (Å²) in [5.41, 5.74) is 1.13. The Hall–Kier alpha value is -2.54. The Bertz CT molecular complexity index is 664. The number of carbonyl (C=O) groups is 2. The fourth-order valence-electron chi connectivity index (χ4n) is 1.73. The summed E-state index contributed by atoms with van der Waals surface area (Å²) in [6, 6.07) is 8.44. The molecule has 21 heavy (non-hydrogen) atoms. The summed E-state index contributed by atoms with van der Waals surface area (Å²) < 4.78 is 5.08. The zero-order valence-electron chi connectivity index (χ0n) is 11.5. The van der Waals surface area contributed by atoms with Gasteiger partial charge in [0.15, 0.2) is 0 Å². The van der Waals surface area contributed by atoms with Crippen molar-refractivity contribution in [2.75, 3.05) is 19.5 Å². The van der Waals surface area contributed by atoms with E-state index < -0.39 is 12.0 Å². The minimum absolute atomic E-state index is 0.0874. The van der Waals surface area contributed by atoms with Crippen molar-refractivity contribution in [3.63, 3.8) is 0 Å². The van der Waals surface area contributed by atoms with Gasteiger partial charge in [0.25, 0.3) is 0 Å². The molecule has 0 fully saturated rings. The first-order valence-corrected chi connectivity index (χ1v) is 6.87. The van der Waals surface area contributed by atoms with Gasteiger partial charge in [0.1, 0.15) is 10.6 Å². The van der Waals surface area contributed by atoms with Crippen LogP contribution in [-0.2, 0) is 0 Å². The molecule has 0 aliphatic heterocycles. The number of ether oxygens (including phenoxy) is 1. The van der Waals surface area contributed by atoms with E-state index in [9.17, 15) is 14.7 Å². The number of hydrogen-bond acceptors (Lipinski definition) is 4. The fourth-order valence-corrected chi connectivity index (χ4v) is 2.68. The molecule has 0 aliphatic rings. The average molecular weight is 306 g/mol. The van der Waals surface area contributed by atoms with Crippen LogP contribution < -0.4 is 15.4 Å². The number of carbonyl (C=O) groups excluding carboxylic acids is 1. The van der Waals surface area contributed by atoms with E-state index in [2.05, 4.69) is 10.6 Å². The highest BCUT2D eigenvalue weighted by Gasteiger charge is 2.17. The number of urea groups is 1. The number of benzene rings is 1. The maximum atomic E-state index is 11.4. The third-order valence-electron chi connectivity index (χ3n) is 2.78. The Morgan fingerprint density at radius 2 is 1.90 bits per heavy atom. The van der Waals surface area contributed by atoms with Gasteiger partial charge in [-0.25, -0.2) is 9.59 Å². The number of thiophene rings is 1. The molecule has 110 valence electrons. The first-order chi connectivity index (χ1) is 10.0. The van der Waals surface area contributed by atoms with Crippen LogP contribution >= 0.6 is 11.3 Å². The van der Waals surface area contributed by atoms with Gasteiger partial charge in [-0.05, 0) is 35.9 Å². The van der Waals surface area contributed by atoms with Crippen molar-refractivity contribution in [1.29, 1.82) is 0 Å². The molecule has 0 saturated heterocycles. The molecule has 2 aromatic rings. The summed E-state index contributed by atoms with van der Waals surface area (Å²) in [6.07, 6.45) is 0. The number of hydrogen-bond donors (Lipinski definition) is 3. The number of methoxy groups -OCH3 is 1. The molecule has 0 spiro atoms. The fraction of sp³-hybridized carbons (Fsp3) is 0.143. The second kappa shape index (κ2) is 6.27. The summed E-state index contributed by atoms with van der Waals surface area (Å²) in [7, 11) is 3.04. The zero-order chi connectivity index (χ0) is 15.4. The van der Waals surface area contributed by atoms with E-state index in [0.29, 0.717) is 0 Å². The molecule has 1 aromatic carbocycles. The van der Waals surface area contributed by atoms with Crippen molar-refractivity contribution in [3.8, 4) is 16.2 Å². The summed E-state index contributed by atoms with van der Waals surface area (Å²) >= 11 is 1.10. The largest absolute Gasteiger partial charge is 0.497 e. The minimum Gasteiger partial charge on any atom is -0.497 e. The molecule has 2 rings (SSSR count). The third kappa shape index (κ3) is 3.32. The molecule has 2 amide bonds. The second-order valence-electron chi connectivity index (χ2n) is 4.09. The van der Waals surface area contributed by atoms with Gasteiger partial charge in [0.05, 0.1) is 12.8 Å². The van der Waals surface area contributed by atoms with E-state index in [0.717, 1.165) is 27.5 Å². The first-order valence-electron chi connectivity index (χ1n) is 6.05. The van der Waals surface area contributed by atoms with Gasteiger partial charge < -0.3 is 20.5 Å². The molecule has 1 heterocycles. The van der Waals surface area contributed by atoms with E-state index in [4.69, 9.17) is 4.74 Å². The Morgan fingerprint density at radius 3 is 2.43 bits per heavy atom. The number of rotatable bonds is 4. The van der Waals surface area contributed by atoms with Crippen molar-refractivity contribution in [2.24, 2.45) is 0 Å². The molecule has 7 heteroatoms. The van der Waals surface area contributed by atoms with Crippen LogP contribution in [0.2, 0.25) is 0 Å². The van der Waals surface area contributed by atoms with Crippen molar-refractivity contribution in [3.05, 3.63) is 35.2 Å². The van der Waals surface area contributed by atoms with Crippen LogP contribution in [0.15, 0.2) is 30.3 Å². The van der Waals surface area contributed by atoms with Crippen molar-refractivity contribution >= 4 is 29.0 Å². The molecular formula is C14H14N2O4S. The summed E-state index contributed by atoms with van der Waals surface area (Å²) in [6.45, 7) is 0. The lowest BCUT2D eigenvalue weighted by Crippen LogP contribution is -2.24. The number of aromatic carboxylic acids is 1. The number of amides is 2. The molecule has 1 aromatic heterocycles. The minimum atomic E-state index is -1.08. The van der Waals surface area contributed by atoms with Crippen LogP contribution in [0.4, 0.5) is 10.5 Å². The monoisotopic (exact) mass is 306 g/mol. The van der Waals surface area contributed by atoms with Crippen LogP contribution in [-0.4, -0.2) is 31.3 Å². The average Bonchev–Trinajstić information content (AvgIpc) is 2.91. The smallest absolute Gasteiger partial charge is 0.348 e. The Balaban J connectivity index is 2.37. The molecule has 0 radical (unpaired) electrons. The molecule has 0 bridgehead atoms. The lowest BCUT2D eigenvalue weighted by atomic mass is 10.2. The highest BCUT2D eigenvalue weighted by Crippen LogP contribution is 2.35. The lowest BCUT2D eigenvalue weighted by Gasteiger charge is -2.02. The summed E-state index contributed by atoms with van der Waals surface area (Å²) in [5.74, 6) is -0.358. The van der Waals surface area contributed by atoms with Crippen LogP contribution in [0.5, 0.6) is 5.75 Å². The van der Waals surface area contributed by atoms with Gasteiger partial charge in [0, 0.05) is 11.9 Å². The predicted molar refractivity (Wildman–Crippen MR) is 81.3 cm³/mol. The van der Waals surface area contributed by atoms with Crippen molar-refractivity contribution < 1.29 is 19.4 Å². The molecule has 3 N–H and O–H groups in total. The summed E-state index contributed by atoms with van der Waals surface area (Å²) in [4.78, 5) is 23.5. The summed E-state index contributed by atoms with van der Waals surface area (Å²) in [5, 5.41) is 14.1. The van der Waals surface area contributed by atoms with Gasteiger partial charge >= 0.3 is 12.0 Å². The van der Waals surface area contributed by atoms with Gasteiger partial charge in [-0.15, -0.1) is 11.3 Å². The van der Waals surface area contributed by atoms with E-state index in [1.54, 1.807) is 25.3 Å². The molecule has 0 aliphatic carbocycles. The van der Waals surface area contributed by atoms with Crippen LogP contribution in [0.25, 0.3) is 10.4 Å². The van der Waals surface area contributed by atoms with Crippen LogP contribution in [0, 0.1) is 0 Å². The first kappa shape index (κ1) is 14.9. The quantitative estimate of drug-likeness (QED) is 0.810. The molecule has 6 nitrogen and oxygen atoms in total. The van der Waals surface area contributed by atoms with Crippen LogP contribution in [0.1, 0.15) is 9.67 Å². The van der Waals surface area contributed by atoms with Crippen molar-refractivity contribution in [1.82, 2.24) is 5.32 Å². The van der Waals surface area contributed by atoms with Crippen molar-refractivity contribution in [2.45, 2.75) is 0 Å². The van der Waals surface area contributed by atoms with Gasteiger partial charge in [-0.2, -0.15) is 0 Å². The highest BCUT2D eigenvalue weighted by molar-refractivity contribution is 7.18. The molecular weight excluding hydrogens is 292 g/mol. The number of nitrogens with one attached hydrogen (secondary N) is 2. The predicted octanol–water partition coefficient (Wildman–Crippen LogP) is 2.87. The Morgan fingerprint density at radius 1 is 1.24 bits per heavy atom. The zero-order valence-corrected chi connectivity index (χ0v) is 12.3. The van der Waals surface area contributed by atoms with Gasteiger partial charge in [0.2, 0.25) is 0 Å². The Kier molecular flexibility index (Phi) is 4.44. The number of anilines is 1. The number of carboxylic acid groups (broad SMARTS) is 1. The highest BCUT2D eigenvalue weighted by atomic mass is 32.1. The molecule has 0 atom stereocenters. The topological polar surface area (TPSA) is 87.7 Å². The third-order valence-corrected chi connectivity index (χ3v) is 3.95. The normalized spacial score (nSPS) is 10.0. The number of carboxylic acids is 1. The maximum absolute atomic E-state index is 11.4. The van der Waals surface area contributed by atoms with E-state index in [-0.39, 0.29) is 10.6 Å². The molecule has 0 saturated carbocycles.